The number of H-pyrrole nitrogens is 1. The van der Waals surface area contributed by atoms with Crippen molar-refractivity contribution in [1.82, 2.24) is 19.4 Å². The highest BCUT2D eigenvalue weighted by Crippen LogP contribution is 2.28. The molecule has 192 valence electrons. The van der Waals surface area contributed by atoms with E-state index in [4.69, 9.17) is 4.74 Å². The number of aromatic nitrogens is 3. The highest BCUT2D eigenvalue weighted by molar-refractivity contribution is 6.01. The van der Waals surface area contributed by atoms with Crippen molar-refractivity contribution >= 4 is 34.0 Å². The van der Waals surface area contributed by atoms with Crippen LogP contribution in [0.1, 0.15) is 35.6 Å². The van der Waals surface area contributed by atoms with Crippen molar-refractivity contribution in [3.63, 3.8) is 0 Å². The maximum absolute atomic E-state index is 12.9. The Hall–Kier alpha value is -4.34. The van der Waals surface area contributed by atoms with E-state index in [1.165, 1.54) is 4.90 Å². The van der Waals surface area contributed by atoms with Crippen molar-refractivity contribution in [1.29, 1.82) is 0 Å². The average molecular weight is 505 g/mol. The van der Waals surface area contributed by atoms with Gasteiger partial charge >= 0.3 is 17.8 Å². The van der Waals surface area contributed by atoms with Gasteiger partial charge in [-0.1, -0.05) is 30.3 Å². The molecule has 1 saturated heterocycles. The van der Waals surface area contributed by atoms with Gasteiger partial charge in [0.1, 0.15) is 5.75 Å². The van der Waals surface area contributed by atoms with E-state index in [9.17, 15) is 24.6 Å². The third-order valence-corrected chi connectivity index (χ3v) is 7.04. The minimum absolute atomic E-state index is 0.00874. The molecule has 0 saturated carbocycles. The Labute approximate surface area is 212 Å². The number of para-hydroxylation sites is 1. The molecule has 5 rings (SSSR count). The molecule has 1 atom stereocenters. The predicted octanol–water partition coefficient (Wildman–Crippen LogP) is 3.67. The second-order valence-corrected chi connectivity index (χ2v) is 9.55. The lowest BCUT2D eigenvalue weighted by molar-refractivity contribution is -0.147. The van der Waals surface area contributed by atoms with E-state index in [0.717, 1.165) is 21.9 Å². The lowest BCUT2D eigenvalue weighted by atomic mass is 10.0. The van der Waals surface area contributed by atoms with Crippen LogP contribution in [0.4, 0.5) is 4.79 Å². The number of fused-ring (bicyclic) bond motifs is 3. The zero-order valence-electron chi connectivity index (χ0n) is 20.6. The van der Waals surface area contributed by atoms with E-state index in [0.29, 0.717) is 42.6 Å². The molecule has 0 spiro atoms. The molecule has 10 nitrogen and oxygen atoms in total. The zero-order valence-corrected chi connectivity index (χ0v) is 20.6. The van der Waals surface area contributed by atoms with Crippen LogP contribution in [-0.4, -0.2) is 60.9 Å². The number of pyridine rings is 1. The molecule has 2 aromatic carbocycles. The zero-order chi connectivity index (χ0) is 26.3. The van der Waals surface area contributed by atoms with Crippen molar-refractivity contribution in [2.45, 2.75) is 45.3 Å². The van der Waals surface area contributed by atoms with Gasteiger partial charge in [0, 0.05) is 30.9 Å². The number of carboxylic acid groups (broad SMARTS) is 1. The highest BCUT2D eigenvalue weighted by atomic mass is 16.6. The van der Waals surface area contributed by atoms with Crippen LogP contribution in [-0.2, 0) is 16.0 Å². The third kappa shape index (κ3) is 4.62. The van der Waals surface area contributed by atoms with E-state index in [-0.39, 0.29) is 23.9 Å². The molecule has 3 heterocycles. The van der Waals surface area contributed by atoms with E-state index < -0.39 is 18.2 Å². The van der Waals surface area contributed by atoms with Crippen molar-refractivity contribution < 1.29 is 24.5 Å². The number of nitrogens with zero attached hydrogens (tertiary/aromatic N) is 3. The van der Waals surface area contributed by atoms with Crippen LogP contribution in [0.15, 0.2) is 47.4 Å². The lowest BCUT2D eigenvalue weighted by Gasteiger charge is -2.32. The molecular formula is C27H28N4O6. The van der Waals surface area contributed by atoms with E-state index in [1.54, 1.807) is 36.7 Å². The summed E-state index contributed by atoms with van der Waals surface area (Å²) in [6, 6.07) is 10.9. The van der Waals surface area contributed by atoms with Crippen LogP contribution in [0.25, 0.3) is 21.9 Å². The van der Waals surface area contributed by atoms with Crippen molar-refractivity contribution in [2.75, 3.05) is 13.1 Å². The molecule has 0 aliphatic carbocycles. The molecule has 10 heteroatoms. The van der Waals surface area contributed by atoms with Crippen LogP contribution in [0, 0.1) is 13.8 Å². The molecule has 0 unspecified atom stereocenters. The number of phenols is 1. The van der Waals surface area contributed by atoms with E-state index in [1.807, 2.05) is 24.3 Å². The SMILES string of the molecule is Cc1cc(C[C@@H](OC(=O)N2CCC(n3c(=O)[nH]c4c5ccccc5ncc43)CC2)C(=O)O)cc(C)c1O. The Kier molecular flexibility index (Phi) is 6.32. The van der Waals surface area contributed by atoms with Gasteiger partial charge in [0.05, 0.1) is 22.7 Å². The van der Waals surface area contributed by atoms with Gasteiger partial charge in [0.15, 0.2) is 0 Å². The number of aliphatic carboxylic acids is 1. The maximum Gasteiger partial charge on any atom is 0.410 e. The van der Waals surface area contributed by atoms with Crippen molar-refractivity contribution in [2.24, 2.45) is 0 Å². The number of aromatic amines is 1. The second kappa shape index (κ2) is 9.61. The first-order valence-corrected chi connectivity index (χ1v) is 12.2. The summed E-state index contributed by atoms with van der Waals surface area (Å²) in [7, 11) is 0. The number of hydrogen-bond donors (Lipinski definition) is 3. The number of ether oxygens (including phenoxy) is 1. The van der Waals surface area contributed by atoms with Gasteiger partial charge in [0.25, 0.3) is 0 Å². The number of phenolic OH excluding ortho intramolecular Hbond substituents is 1. The second-order valence-electron chi connectivity index (χ2n) is 9.55. The lowest BCUT2D eigenvalue weighted by Crippen LogP contribution is -2.43. The molecule has 4 aromatic rings. The molecule has 0 radical (unpaired) electrons. The minimum atomic E-state index is -1.36. The molecule has 1 aliphatic rings. The molecule has 1 amide bonds. The summed E-state index contributed by atoms with van der Waals surface area (Å²) in [5.41, 5.74) is 3.95. The highest BCUT2D eigenvalue weighted by Gasteiger charge is 2.30. The first kappa shape index (κ1) is 24.4. The van der Waals surface area contributed by atoms with Gasteiger partial charge in [0.2, 0.25) is 6.10 Å². The summed E-state index contributed by atoms with van der Waals surface area (Å²) in [6.07, 6.45) is 0.665. The molecule has 2 aromatic heterocycles. The Balaban J connectivity index is 1.27. The van der Waals surface area contributed by atoms with Crippen LogP contribution in [0.3, 0.4) is 0 Å². The number of imidazole rings is 1. The number of carbonyl (C=O) groups is 2. The number of nitrogens with one attached hydrogen (secondary N) is 1. The fourth-order valence-corrected chi connectivity index (χ4v) is 5.14. The monoisotopic (exact) mass is 504 g/mol. The van der Waals surface area contributed by atoms with Crippen LogP contribution >= 0.6 is 0 Å². The summed E-state index contributed by atoms with van der Waals surface area (Å²) >= 11 is 0. The van der Waals surface area contributed by atoms with Gasteiger partial charge < -0.3 is 24.8 Å². The predicted molar refractivity (Wildman–Crippen MR) is 137 cm³/mol. The number of carboxylic acids is 1. The number of piperidine rings is 1. The standard InChI is InChI=1S/C27H28N4O6/c1-15-11-17(12-16(2)24(15)32)13-22(25(33)34)37-27(36)30-9-7-18(8-10-30)31-21-14-28-20-6-4-3-5-19(20)23(21)29-26(31)35/h3-6,11-12,14,18,22,32H,7-10,13H2,1-2H3,(H,29,35)(H,33,34)/t22-/m1/s1. The molecular weight excluding hydrogens is 476 g/mol. The normalized spacial score (nSPS) is 15.2. The van der Waals surface area contributed by atoms with Gasteiger partial charge in [-0.3, -0.25) is 9.55 Å². The summed E-state index contributed by atoms with van der Waals surface area (Å²) in [4.78, 5) is 46.4. The van der Waals surface area contributed by atoms with Crippen LogP contribution in [0.5, 0.6) is 5.75 Å². The summed E-state index contributed by atoms with van der Waals surface area (Å²) in [5.74, 6) is -1.08. The quantitative estimate of drug-likeness (QED) is 0.377. The van der Waals surface area contributed by atoms with Gasteiger partial charge in [-0.15, -0.1) is 0 Å². The molecule has 0 bridgehead atoms. The first-order chi connectivity index (χ1) is 17.7. The number of carbonyl (C=O) groups excluding carboxylic acids is 1. The molecule has 1 fully saturated rings. The van der Waals surface area contributed by atoms with Gasteiger partial charge in [-0.05, 0) is 49.4 Å². The van der Waals surface area contributed by atoms with Crippen molar-refractivity contribution in [3.05, 3.63) is 69.8 Å². The number of benzene rings is 2. The van der Waals surface area contributed by atoms with Crippen LogP contribution in [0.2, 0.25) is 0 Å². The number of aryl methyl sites for hydroxylation is 2. The fraction of sp³-hybridized carbons (Fsp3) is 0.333. The Morgan fingerprint density at radius 3 is 2.51 bits per heavy atom. The van der Waals surface area contributed by atoms with E-state index in [2.05, 4.69) is 9.97 Å². The number of rotatable bonds is 5. The Morgan fingerprint density at radius 1 is 1.16 bits per heavy atom. The number of likely N-dealkylation sites (tertiary alicyclic amines) is 1. The number of amides is 1. The minimum Gasteiger partial charge on any atom is -0.507 e. The first-order valence-electron chi connectivity index (χ1n) is 12.2. The largest absolute Gasteiger partial charge is 0.507 e. The van der Waals surface area contributed by atoms with Crippen LogP contribution < -0.4 is 5.69 Å². The molecule has 3 N–H and O–H groups in total. The number of hydrogen-bond acceptors (Lipinski definition) is 6. The molecule has 1 aliphatic heterocycles. The van der Waals surface area contributed by atoms with Crippen molar-refractivity contribution in [3.8, 4) is 5.75 Å². The Morgan fingerprint density at radius 2 is 1.84 bits per heavy atom. The fourth-order valence-electron chi connectivity index (χ4n) is 5.14. The Bertz CT molecular complexity index is 1540. The van der Waals surface area contributed by atoms with Gasteiger partial charge in [-0.2, -0.15) is 0 Å². The maximum atomic E-state index is 12.9. The molecule has 37 heavy (non-hydrogen) atoms. The van der Waals surface area contributed by atoms with Gasteiger partial charge in [-0.25, -0.2) is 14.4 Å². The third-order valence-electron chi connectivity index (χ3n) is 7.04. The smallest absolute Gasteiger partial charge is 0.410 e. The summed E-state index contributed by atoms with van der Waals surface area (Å²) in [5, 5.41) is 20.5. The summed E-state index contributed by atoms with van der Waals surface area (Å²) in [6.45, 7) is 4.12. The average Bonchev–Trinajstić information content (AvgIpc) is 3.23. The van der Waals surface area contributed by atoms with E-state index >= 15 is 0 Å². The number of aromatic hydroxyl groups is 1. The summed E-state index contributed by atoms with van der Waals surface area (Å²) < 4.78 is 7.08. The topological polar surface area (TPSA) is 138 Å².